The Labute approximate surface area is 190 Å². The van der Waals surface area contributed by atoms with Crippen LogP contribution in [-0.4, -0.2) is 40.5 Å². The minimum Gasteiger partial charge on any atom is -0.443 e. The first-order chi connectivity index (χ1) is 15.5. The van der Waals surface area contributed by atoms with E-state index in [1.807, 2.05) is 47.4 Å². The molecule has 0 saturated carbocycles. The molecule has 0 unspecified atom stereocenters. The van der Waals surface area contributed by atoms with Crippen LogP contribution in [0, 0.1) is 5.92 Å². The van der Waals surface area contributed by atoms with Gasteiger partial charge in [0.05, 0.1) is 17.0 Å². The highest BCUT2D eigenvalue weighted by Gasteiger charge is 2.41. The number of hydrogen-bond donors (Lipinski definition) is 1. The maximum absolute atomic E-state index is 12.9. The summed E-state index contributed by atoms with van der Waals surface area (Å²) in [6.07, 6.45) is -2.93. The molecule has 0 amide bonds. The summed E-state index contributed by atoms with van der Waals surface area (Å²) >= 11 is 0. The largest absolute Gasteiger partial charge is 0.443 e. The number of aromatic nitrogens is 2. The Morgan fingerprint density at radius 2 is 1.67 bits per heavy atom. The monoisotopic (exact) mass is 460 g/mol. The molecule has 4 rings (SSSR count). The molecular formula is C24H27F3N4O2. The summed E-state index contributed by atoms with van der Waals surface area (Å²) in [5.41, 5.74) is 3.17. The van der Waals surface area contributed by atoms with E-state index in [2.05, 4.69) is 10.3 Å². The van der Waals surface area contributed by atoms with Crippen LogP contribution in [0.5, 0.6) is 0 Å². The molecule has 0 bridgehead atoms. The Bertz CT molecular complexity index is 1130. The van der Waals surface area contributed by atoms with Gasteiger partial charge in [-0.2, -0.15) is 13.2 Å². The number of fused-ring (bicyclic) bond motifs is 1. The first kappa shape index (κ1) is 22.9. The molecule has 0 aliphatic carbocycles. The van der Waals surface area contributed by atoms with Crippen molar-refractivity contribution in [1.82, 2.24) is 9.55 Å². The van der Waals surface area contributed by atoms with E-state index in [1.54, 1.807) is 20.8 Å². The van der Waals surface area contributed by atoms with Crippen molar-refractivity contribution in [3.63, 3.8) is 0 Å². The van der Waals surface area contributed by atoms with E-state index in [-0.39, 0.29) is 12.8 Å². The summed E-state index contributed by atoms with van der Waals surface area (Å²) in [6.45, 7) is 6.20. The van der Waals surface area contributed by atoms with Crippen molar-refractivity contribution >= 4 is 34.2 Å². The second kappa shape index (κ2) is 8.61. The number of rotatable bonds is 3. The Kier molecular flexibility index (Phi) is 5.99. The van der Waals surface area contributed by atoms with Gasteiger partial charge in [-0.15, -0.1) is 0 Å². The second-order valence-corrected chi connectivity index (χ2v) is 9.27. The average molecular weight is 461 g/mol. The van der Waals surface area contributed by atoms with E-state index in [9.17, 15) is 18.0 Å². The third-order valence-electron chi connectivity index (χ3n) is 5.62. The third kappa shape index (κ3) is 5.40. The lowest BCUT2D eigenvalue weighted by molar-refractivity contribution is -0.179. The highest BCUT2D eigenvalue weighted by Crippen LogP contribution is 2.35. The van der Waals surface area contributed by atoms with Gasteiger partial charge in [0.15, 0.2) is 0 Å². The smallest absolute Gasteiger partial charge is 0.420 e. The van der Waals surface area contributed by atoms with E-state index in [1.165, 1.54) is 10.9 Å². The number of ether oxygens (including phenoxy) is 1. The van der Waals surface area contributed by atoms with Gasteiger partial charge in [0.2, 0.25) is 0 Å². The Balaban J connectivity index is 1.44. The van der Waals surface area contributed by atoms with Gasteiger partial charge in [0.25, 0.3) is 0 Å². The molecule has 3 aromatic rings. The van der Waals surface area contributed by atoms with Crippen molar-refractivity contribution in [2.45, 2.75) is 45.4 Å². The summed E-state index contributed by atoms with van der Waals surface area (Å²) < 4.78 is 45.5. The van der Waals surface area contributed by atoms with Gasteiger partial charge in [-0.1, -0.05) is 0 Å². The molecule has 2 heterocycles. The summed E-state index contributed by atoms with van der Waals surface area (Å²) in [7, 11) is 0. The lowest BCUT2D eigenvalue weighted by Gasteiger charge is -2.34. The lowest BCUT2D eigenvalue weighted by atomic mass is 9.96. The van der Waals surface area contributed by atoms with E-state index in [0.29, 0.717) is 24.1 Å². The Morgan fingerprint density at radius 1 is 1.03 bits per heavy atom. The van der Waals surface area contributed by atoms with Crippen LogP contribution in [0.15, 0.2) is 48.8 Å². The molecule has 0 spiro atoms. The number of piperidine rings is 1. The molecule has 1 aliphatic rings. The molecule has 6 nitrogen and oxygen atoms in total. The number of halogens is 3. The molecule has 0 radical (unpaired) electrons. The van der Waals surface area contributed by atoms with Gasteiger partial charge < -0.3 is 15.0 Å². The van der Waals surface area contributed by atoms with Gasteiger partial charge in [0.1, 0.15) is 11.9 Å². The van der Waals surface area contributed by atoms with E-state index >= 15 is 0 Å². The minimum atomic E-state index is -4.11. The third-order valence-corrected chi connectivity index (χ3v) is 5.62. The standard InChI is InChI=1S/C24H27F3N4O2/c1-23(2,3)33-22(32)31-15-28-20-9-6-18(14-21(20)31)29-17-4-7-19(8-5-17)30-12-10-16(11-13-30)24(25,26)27/h4-9,14-16,29H,10-13H2,1-3H3. The first-order valence-corrected chi connectivity index (χ1v) is 10.9. The van der Waals surface area contributed by atoms with Crippen molar-refractivity contribution in [2.75, 3.05) is 23.3 Å². The van der Waals surface area contributed by atoms with Gasteiger partial charge >= 0.3 is 12.3 Å². The van der Waals surface area contributed by atoms with Crippen molar-refractivity contribution in [3.8, 4) is 0 Å². The summed E-state index contributed by atoms with van der Waals surface area (Å²) in [5, 5.41) is 3.30. The van der Waals surface area contributed by atoms with Gasteiger partial charge in [-0.05, 0) is 76.1 Å². The number of carbonyl (C=O) groups is 1. The van der Waals surface area contributed by atoms with Gasteiger partial charge in [-0.3, -0.25) is 0 Å². The fourth-order valence-electron chi connectivity index (χ4n) is 3.93. The topological polar surface area (TPSA) is 59.4 Å². The van der Waals surface area contributed by atoms with Crippen LogP contribution in [0.1, 0.15) is 33.6 Å². The fourth-order valence-corrected chi connectivity index (χ4v) is 3.93. The van der Waals surface area contributed by atoms with E-state index < -0.39 is 23.8 Å². The molecule has 33 heavy (non-hydrogen) atoms. The van der Waals surface area contributed by atoms with Gasteiger partial charge in [0, 0.05) is 30.2 Å². The highest BCUT2D eigenvalue weighted by atomic mass is 19.4. The molecule has 0 atom stereocenters. The van der Waals surface area contributed by atoms with Gasteiger partial charge in [-0.25, -0.2) is 14.3 Å². The second-order valence-electron chi connectivity index (χ2n) is 9.27. The molecule has 176 valence electrons. The molecule has 9 heteroatoms. The number of carbonyl (C=O) groups excluding carboxylic acids is 1. The predicted molar refractivity (Wildman–Crippen MR) is 122 cm³/mol. The number of nitrogens with zero attached hydrogens (tertiary/aromatic N) is 3. The van der Waals surface area contributed by atoms with E-state index in [0.717, 1.165) is 17.1 Å². The normalized spacial score (nSPS) is 15.6. The van der Waals surface area contributed by atoms with E-state index in [4.69, 9.17) is 4.74 Å². The quantitative estimate of drug-likeness (QED) is 0.494. The zero-order valence-corrected chi connectivity index (χ0v) is 18.8. The summed E-state index contributed by atoms with van der Waals surface area (Å²) in [6, 6.07) is 13.1. The van der Waals surface area contributed by atoms with Crippen molar-refractivity contribution in [3.05, 3.63) is 48.8 Å². The van der Waals surface area contributed by atoms with Crippen LogP contribution in [0.4, 0.5) is 35.0 Å². The molecule has 1 aliphatic heterocycles. The number of benzene rings is 2. The summed E-state index contributed by atoms with van der Waals surface area (Å²) in [5.74, 6) is -1.21. The maximum atomic E-state index is 12.9. The Hall–Kier alpha value is -3.23. The van der Waals surface area contributed by atoms with Crippen LogP contribution in [0.3, 0.4) is 0 Å². The number of imidazole rings is 1. The highest BCUT2D eigenvalue weighted by molar-refractivity contribution is 5.89. The molecule has 1 fully saturated rings. The summed E-state index contributed by atoms with van der Waals surface area (Å²) in [4.78, 5) is 18.7. The molecule has 1 aromatic heterocycles. The van der Waals surface area contributed by atoms with Crippen LogP contribution in [-0.2, 0) is 4.74 Å². The SMILES string of the molecule is CC(C)(C)OC(=O)n1cnc2ccc(Nc3ccc(N4CCC(C(F)(F)F)CC4)cc3)cc21. The van der Waals surface area contributed by atoms with Crippen LogP contribution < -0.4 is 10.2 Å². The molecule has 1 saturated heterocycles. The zero-order chi connectivity index (χ0) is 23.8. The number of hydrogen-bond acceptors (Lipinski definition) is 5. The molecular weight excluding hydrogens is 433 g/mol. The van der Waals surface area contributed by atoms with Crippen molar-refractivity contribution in [1.29, 1.82) is 0 Å². The van der Waals surface area contributed by atoms with Crippen molar-refractivity contribution in [2.24, 2.45) is 5.92 Å². The molecule has 1 N–H and O–H groups in total. The number of anilines is 3. The Morgan fingerprint density at radius 3 is 2.27 bits per heavy atom. The number of alkyl halides is 3. The van der Waals surface area contributed by atoms with Crippen LogP contribution in [0.25, 0.3) is 11.0 Å². The maximum Gasteiger partial charge on any atom is 0.420 e. The first-order valence-electron chi connectivity index (χ1n) is 10.9. The lowest BCUT2D eigenvalue weighted by Crippen LogP contribution is -2.38. The predicted octanol–water partition coefficient (Wildman–Crippen LogP) is 6.34. The van der Waals surface area contributed by atoms with Crippen molar-refractivity contribution < 1.29 is 22.7 Å². The average Bonchev–Trinajstić information content (AvgIpc) is 3.16. The number of nitrogens with one attached hydrogen (secondary N) is 1. The van der Waals surface area contributed by atoms with Crippen LogP contribution >= 0.6 is 0 Å². The van der Waals surface area contributed by atoms with Crippen LogP contribution in [0.2, 0.25) is 0 Å². The molecule has 2 aromatic carbocycles. The fraction of sp³-hybridized carbons (Fsp3) is 0.417. The minimum absolute atomic E-state index is 0.120. The zero-order valence-electron chi connectivity index (χ0n) is 18.8.